The van der Waals surface area contributed by atoms with Gasteiger partial charge in [0.1, 0.15) is 17.2 Å². The van der Waals surface area contributed by atoms with E-state index < -0.39 is 0 Å². The second kappa shape index (κ2) is 8.23. The van der Waals surface area contributed by atoms with Crippen molar-refractivity contribution in [2.45, 2.75) is 6.54 Å². The van der Waals surface area contributed by atoms with Gasteiger partial charge in [0.05, 0.1) is 12.1 Å². The summed E-state index contributed by atoms with van der Waals surface area (Å²) in [6.07, 6.45) is 0. The number of para-hydroxylation sites is 2. The quantitative estimate of drug-likeness (QED) is 0.488. The van der Waals surface area contributed by atoms with Crippen molar-refractivity contribution in [1.29, 1.82) is 0 Å². The highest BCUT2D eigenvalue weighted by Gasteiger charge is 2.17. The monoisotopic (exact) mass is 414 g/mol. The first-order valence-corrected chi connectivity index (χ1v) is 9.72. The van der Waals surface area contributed by atoms with E-state index in [2.05, 4.69) is 10.5 Å². The predicted molar refractivity (Wildman–Crippen MR) is 112 cm³/mol. The van der Waals surface area contributed by atoms with Crippen molar-refractivity contribution in [2.75, 3.05) is 6.79 Å². The van der Waals surface area contributed by atoms with E-state index in [1.807, 2.05) is 54.6 Å². The highest BCUT2D eigenvalue weighted by Crippen LogP contribution is 2.36. The topological polar surface area (TPSA) is 82.8 Å². The molecule has 154 valence electrons. The first-order chi connectivity index (χ1) is 15.3. The smallest absolute Gasteiger partial charge is 0.255 e. The van der Waals surface area contributed by atoms with Crippen molar-refractivity contribution in [3.8, 4) is 34.3 Å². The summed E-state index contributed by atoms with van der Waals surface area (Å²) in [7, 11) is 0. The number of carbonyl (C=O) groups is 1. The SMILES string of the molecule is O=C(NCc1cc(-c2ccc3c(c2)OCO3)on1)c1ccccc1Oc1ccccc1. The largest absolute Gasteiger partial charge is 0.457 e. The number of benzene rings is 3. The summed E-state index contributed by atoms with van der Waals surface area (Å²) in [5.41, 5.74) is 1.85. The summed E-state index contributed by atoms with van der Waals surface area (Å²) in [5.74, 6) is 2.82. The Bertz CT molecular complexity index is 1220. The van der Waals surface area contributed by atoms with Crippen LogP contribution in [0.2, 0.25) is 0 Å². The van der Waals surface area contributed by atoms with E-state index in [0.29, 0.717) is 40.0 Å². The molecule has 4 aromatic rings. The summed E-state index contributed by atoms with van der Waals surface area (Å²) in [4.78, 5) is 12.8. The van der Waals surface area contributed by atoms with Gasteiger partial charge in [-0.2, -0.15) is 0 Å². The predicted octanol–water partition coefficient (Wildman–Crippen LogP) is 4.79. The normalized spacial score (nSPS) is 11.9. The summed E-state index contributed by atoms with van der Waals surface area (Å²) >= 11 is 0. The lowest BCUT2D eigenvalue weighted by molar-refractivity contribution is 0.0947. The fourth-order valence-electron chi connectivity index (χ4n) is 3.21. The van der Waals surface area contributed by atoms with Crippen LogP contribution >= 0.6 is 0 Å². The Hall–Kier alpha value is -4.26. The minimum Gasteiger partial charge on any atom is -0.457 e. The molecule has 0 radical (unpaired) electrons. The van der Waals surface area contributed by atoms with Crippen LogP contribution in [0.1, 0.15) is 16.1 Å². The molecule has 0 aliphatic carbocycles. The Morgan fingerprint density at radius 3 is 2.65 bits per heavy atom. The third-order valence-electron chi connectivity index (χ3n) is 4.75. The maximum atomic E-state index is 12.8. The molecular formula is C24H18N2O5. The molecular weight excluding hydrogens is 396 g/mol. The van der Waals surface area contributed by atoms with Gasteiger partial charge in [0.25, 0.3) is 5.91 Å². The maximum Gasteiger partial charge on any atom is 0.255 e. The number of carbonyl (C=O) groups excluding carboxylic acids is 1. The number of fused-ring (bicyclic) bond motifs is 1. The van der Waals surface area contributed by atoms with Gasteiger partial charge >= 0.3 is 0 Å². The number of aromatic nitrogens is 1. The third kappa shape index (κ3) is 4.06. The van der Waals surface area contributed by atoms with E-state index in [-0.39, 0.29) is 19.2 Å². The Balaban J connectivity index is 1.27. The van der Waals surface area contributed by atoms with Gasteiger partial charge in [-0.15, -0.1) is 0 Å². The Morgan fingerprint density at radius 1 is 0.935 bits per heavy atom. The molecule has 7 nitrogen and oxygen atoms in total. The molecule has 1 aliphatic rings. The molecule has 0 saturated carbocycles. The van der Waals surface area contributed by atoms with Crippen molar-refractivity contribution in [2.24, 2.45) is 0 Å². The molecule has 1 aliphatic heterocycles. The van der Waals surface area contributed by atoms with E-state index in [4.69, 9.17) is 18.7 Å². The fourth-order valence-corrected chi connectivity index (χ4v) is 3.21. The molecule has 3 aromatic carbocycles. The van der Waals surface area contributed by atoms with Crippen molar-refractivity contribution in [3.63, 3.8) is 0 Å². The van der Waals surface area contributed by atoms with Crippen molar-refractivity contribution in [1.82, 2.24) is 10.5 Å². The first kappa shape index (κ1) is 18.7. The van der Waals surface area contributed by atoms with Crippen LogP contribution in [0, 0.1) is 0 Å². The lowest BCUT2D eigenvalue weighted by Crippen LogP contribution is -2.23. The maximum absolute atomic E-state index is 12.8. The van der Waals surface area contributed by atoms with Crippen molar-refractivity contribution in [3.05, 3.63) is 90.1 Å². The highest BCUT2D eigenvalue weighted by molar-refractivity contribution is 5.97. The van der Waals surface area contributed by atoms with Crippen LogP contribution in [-0.4, -0.2) is 17.9 Å². The zero-order chi connectivity index (χ0) is 21.0. The van der Waals surface area contributed by atoms with E-state index >= 15 is 0 Å². The number of amides is 1. The van der Waals surface area contributed by atoms with Gasteiger partial charge < -0.3 is 24.1 Å². The Morgan fingerprint density at radius 2 is 1.74 bits per heavy atom. The highest BCUT2D eigenvalue weighted by atomic mass is 16.7. The van der Waals surface area contributed by atoms with Crippen molar-refractivity contribution >= 4 is 5.91 Å². The molecule has 2 heterocycles. The number of hydrogen-bond acceptors (Lipinski definition) is 6. The summed E-state index contributed by atoms with van der Waals surface area (Å²) in [5, 5.41) is 6.91. The molecule has 0 bridgehead atoms. The molecule has 1 amide bonds. The van der Waals surface area contributed by atoms with Crippen LogP contribution < -0.4 is 19.5 Å². The number of nitrogens with one attached hydrogen (secondary N) is 1. The van der Waals surface area contributed by atoms with Gasteiger partial charge in [-0.3, -0.25) is 4.79 Å². The molecule has 1 N–H and O–H groups in total. The van der Waals surface area contributed by atoms with Crippen molar-refractivity contribution < 1.29 is 23.5 Å². The molecule has 0 fully saturated rings. The van der Waals surface area contributed by atoms with Gasteiger partial charge in [0.2, 0.25) is 6.79 Å². The van der Waals surface area contributed by atoms with Crippen LogP contribution in [0.4, 0.5) is 0 Å². The fraction of sp³-hybridized carbons (Fsp3) is 0.0833. The van der Waals surface area contributed by atoms with Gasteiger partial charge in [0.15, 0.2) is 17.3 Å². The zero-order valence-corrected chi connectivity index (χ0v) is 16.4. The Kier molecular flexibility index (Phi) is 4.98. The molecule has 0 spiro atoms. The lowest BCUT2D eigenvalue weighted by atomic mass is 10.1. The second-order valence-corrected chi connectivity index (χ2v) is 6.84. The second-order valence-electron chi connectivity index (χ2n) is 6.84. The first-order valence-electron chi connectivity index (χ1n) is 9.72. The minimum absolute atomic E-state index is 0.210. The van der Waals surface area contributed by atoms with Gasteiger partial charge in [-0.1, -0.05) is 35.5 Å². The van der Waals surface area contributed by atoms with E-state index in [0.717, 1.165) is 5.56 Å². The molecule has 5 rings (SSSR count). The average molecular weight is 414 g/mol. The number of hydrogen-bond donors (Lipinski definition) is 1. The number of ether oxygens (including phenoxy) is 3. The molecule has 0 saturated heterocycles. The third-order valence-corrected chi connectivity index (χ3v) is 4.75. The van der Waals surface area contributed by atoms with Crippen LogP contribution in [-0.2, 0) is 6.54 Å². The van der Waals surface area contributed by atoms with E-state index in [9.17, 15) is 4.79 Å². The van der Waals surface area contributed by atoms with Gasteiger partial charge in [0, 0.05) is 11.6 Å². The molecule has 0 unspecified atom stereocenters. The minimum atomic E-state index is -0.265. The van der Waals surface area contributed by atoms with E-state index in [1.165, 1.54) is 0 Å². The lowest BCUT2D eigenvalue weighted by Gasteiger charge is -2.10. The molecule has 31 heavy (non-hydrogen) atoms. The molecule has 1 aromatic heterocycles. The average Bonchev–Trinajstić information content (AvgIpc) is 3.47. The summed E-state index contributed by atoms with van der Waals surface area (Å²) < 4.78 is 22.0. The van der Waals surface area contributed by atoms with Gasteiger partial charge in [-0.05, 0) is 42.5 Å². The number of rotatable bonds is 6. The number of nitrogens with zero attached hydrogens (tertiary/aromatic N) is 1. The van der Waals surface area contributed by atoms with Gasteiger partial charge in [-0.25, -0.2) is 0 Å². The summed E-state index contributed by atoms with van der Waals surface area (Å²) in [6, 6.07) is 23.7. The molecule has 0 atom stereocenters. The zero-order valence-electron chi connectivity index (χ0n) is 16.4. The molecule has 7 heteroatoms. The van der Waals surface area contributed by atoms with E-state index in [1.54, 1.807) is 24.3 Å². The van der Waals surface area contributed by atoms with Crippen LogP contribution in [0.25, 0.3) is 11.3 Å². The standard InChI is InChI=1S/C24H18N2O5/c27-24(19-8-4-5-9-20(19)30-18-6-2-1-3-7-18)25-14-17-13-22(31-26-17)16-10-11-21-23(12-16)29-15-28-21/h1-13H,14-15H2,(H,25,27). The Labute approximate surface area is 178 Å². The van der Waals surface area contributed by atoms with Crippen LogP contribution in [0.3, 0.4) is 0 Å². The van der Waals surface area contributed by atoms with Crippen LogP contribution in [0.15, 0.2) is 83.4 Å². The van der Waals surface area contributed by atoms with Crippen LogP contribution in [0.5, 0.6) is 23.0 Å². The summed E-state index contributed by atoms with van der Waals surface area (Å²) in [6.45, 7) is 0.425.